The standard InChI is InChI=1S/C21H26O/c1-16(17-11-7-5-8-12-17)19(15-20(22)21(2,3)4)18-13-9-6-10-14-18/h5-14,16,19H,15H2,1-4H3/t16-,19+/m1/s1. The summed E-state index contributed by atoms with van der Waals surface area (Å²) in [5, 5.41) is 0. The molecule has 2 aromatic carbocycles. The Hall–Kier alpha value is -1.89. The maximum absolute atomic E-state index is 12.6. The molecule has 2 atom stereocenters. The van der Waals surface area contributed by atoms with Crippen LogP contribution in [0.5, 0.6) is 0 Å². The summed E-state index contributed by atoms with van der Waals surface area (Å²) in [6.45, 7) is 8.24. The number of ketones is 1. The van der Waals surface area contributed by atoms with E-state index < -0.39 is 0 Å². The van der Waals surface area contributed by atoms with Crippen molar-refractivity contribution in [1.82, 2.24) is 0 Å². The van der Waals surface area contributed by atoms with Crippen LogP contribution in [0.25, 0.3) is 0 Å². The van der Waals surface area contributed by atoms with Crippen LogP contribution in [0.15, 0.2) is 60.7 Å². The predicted molar refractivity (Wildman–Crippen MR) is 93.1 cm³/mol. The van der Waals surface area contributed by atoms with Crippen LogP contribution >= 0.6 is 0 Å². The van der Waals surface area contributed by atoms with Gasteiger partial charge in [0.25, 0.3) is 0 Å². The Balaban J connectivity index is 2.32. The molecule has 2 rings (SSSR count). The van der Waals surface area contributed by atoms with Crippen molar-refractivity contribution in [3.8, 4) is 0 Å². The van der Waals surface area contributed by atoms with Crippen LogP contribution in [0, 0.1) is 5.41 Å². The third kappa shape index (κ3) is 4.07. The fraction of sp³-hybridized carbons (Fsp3) is 0.381. The SMILES string of the molecule is C[C@H](c1ccccc1)[C@H](CC(=O)C(C)(C)C)c1ccccc1. The molecule has 0 amide bonds. The van der Waals surface area contributed by atoms with Crippen LogP contribution < -0.4 is 0 Å². The molecule has 0 bridgehead atoms. The van der Waals surface area contributed by atoms with E-state index in [1.807, 2.05) is 32.9 Å². The van der Waals surface area contributed by atoms with Gasteiger partial charge in [-0.2, -0.15) is 0 Å². The third-order valence-electron chi connectivity index (χ3n) is 4.40. The first-order valence-corrected chi connectivity index (χ1v) is 8.03. The van der Waals surface area contributed by atoms with Crippen LogP contribution in [0.4, 0.5) is 0 Å². The van der Waals surface area contributed by atoms with Gasteiger partial charge in [-0.05, 0) is 23.0 Å². The van der Waals surface area contributed by atoms with E-state index in [-0.39, 0.29) is 11.3 Å². The van der Waals surface area contributed by atoms with Crippen molar-refractivity contribution in [2.45, 2.75) is 46.0 Å². The summed E-state index contributed by atoms with van der Waals surface area (Å²) in [6.07, 6.45) is 0.587. The lowest BCUT2D eigenvalue weighted by Crippen LogP contribution is -2.24. The molecule has 0 aliphatic carbocycles. The Labute approximate surface area is 134 Å². The van der Waals surface area contributed by atoms with E-state index in [9.17, 15) is 4.79 Å². The van der Waals surface area contributed by atoms with Gasteiger partial charge in [-0.3, -0.25) is 4.79 Å². The zero-order chi connectivity index (χ0) is 16.2. The number of rotatable bonds is 5. The minimum atomic E-state index is -0.288. The molecule has 0 aromatic heterocycles. The molecule has 1 nitrogen and oxygen atoms in total. The van der Waals surface area contributed by atoms with Crippen molar-refractivity contribution >= 4 is 5.78 Å². The second kappa shape index (κ2) is 6.91. The molecule has 0 unspecified atom stereocenters. The minimum Gasteiger partial charge on any atom is -0.299 e. The zero-order valence-corrected chi connectivity index (χ0v) is 14.0. The highest BCUT2D eigenvalue weighted by atomic mass is 16.1. The first-order valence-electron chi connectivity index (χ1n) is 8.03. The van der Waals surface area contributed by atoms with Gasteiger partial charge in [-0.15, -0.1) is 0 Å². The molecule has 0 spiro atoms. The van der Waals surface area contributed by atoms with E-state index in [0.29, 0.717) is 18.1 Å². The topological polar surface area (TPSA) is 17.1 Å². The molecule has 1 heteroatoms. The van der Waals surface area contributed by atoms with E-state index in [0.717, 1.165) is 0 Å². The van der Waals surface area contributed by atoms with E-state index in [4.69, 9.17) is 0 Å². The number of hydrogen-bond acceptors (Lipinski definition) is 1. The van der Waals surface area contributed by atoms with Gasteiger partial charge in [0.05, 0.1) is 0 Å². The molecule has 0 radical (unpaired) electrons. The van der Waals surface area contributed by atoms with Crippen LogP contribution in [0.3, 0.4) is 0 Å². The van der Waals surface area contributed by atoms with Gasteiger partial charge in [0.2, 0.25) is 0 Å². The number of hydrogen-bond donors (Lipinski definition) is 0. The minimum absolute atomic E-state index is 0.218. The van der Waals surface area contributed by atoms with Gasteiger partial charge in [-0.1, -0.05) is 88.4 Å². The summed E-state index contributed by atoms with van der Waals surface area (Å²) in [5.41, 5.74) is 2.25. The third-order valence-corrected chi connectivity index (χ3v) is 4.40. The van der Waals surface area contributed by atoms with Gasteiger partial charge >= 0.3 is 0 Å². The highest BCUT2D eigenvalue weighted by Crippen LogP contribution is 2.37. The fourth-order valence-electron chi connectivity index (χ4n) is 2.78. The highest BCUT2D eigenvalue weighted by Gasteiger charge is 2.29. The molecule has 0 heterocycles. The molecule has 0 fully saturated rings. The maximum Gasteiger partial charge on any atom is 0.138 e. The van der Waals surface area contributed by atoms with Crippen LogP contribution in [0.2, 0.25) is 0 Å². The second-order valence-corrected chi connectivity index (χ2v) is 7.09. The predicted octanol–water partition coefficient (Wildman–Crippen LogP) is 5.58. The number of carbonyl (C=O) groups excluding carboxylic acids is 1. The average Bonchev–Trinajstić information content (AvgIpc) is 2.52. The molecular weight excluding hydrogens is 268 g/mol. The quantitative estimate of drug-likeness (QED) is 0.703. The molecule has 0 aliphatic rings. The van der Waals surface area contributed by atoms with Gasteiger partial charge < -0.3 is 0 Å². The smallest absolute Gasteiger partial charge is 0.138 e. The average molecular weight is 294 g/mol. The van der Waals surface area contributed by atoms with Crippen molar-refractivity contribution in [3.63, 3.8) is 0 Å². The Morgan fingerprint density at radius 2 is 1.32 bits per heavy atom. The Morgan fingerprint density at radius 3 is 1.77 bits per heavy atom. The molecule has 0 saturated carbocycles. The van der Waals surface area contributed by atoms with Crippen molar-refractivity contribution < 1.29 is 4.79 Å². The molecule has 0 saturated heterocycles. The van der Waals surface area contributed by atoms with Crippen molar-refractivity contribution in [1.29, 1.82) is 0 Å². The number of carbonyl (C=O) groups is 1. The van der Waals surface area contributed by atoms with Gasteiger partial charge in [0, 0.05) is 11.8 Å². The van der Waals surface area contributed by atoms with Crippen LogP contribution in [-0.2, 0) is 4.79 Å². The summed E-state index contributed by atoms with van der Waals surface area (Å²) in [6, 6.07) is 20.9. The lowest BCUT2D eigenvalue weighted by Gasteiger charge is -2.27. The summed E-state index contributed by atoms with van der Waals surface area (Å²) >= 11 is 0. The number of Topliss-reactive ketones (excluding diaryl/α,β-unsaturated/α-hetero) is 1. The normalized spacial score (nSPS) is 14.4. The fourth-order valence-corrected chi connectivity index (χ4v) is 2.78. The Bertz CT molecular complexity index is 593. The maximum atomic E-state index is 12.6. The largest absolute Gasteiger partial charge is 0.299 e. The van der Waals surface area contributed by atoms with Crippen LogP contribution in [0.1, 0.15) is 57.1 Å². The Kier molecular flexibility index (Phi) is 5.18. The van der Waals surface area contributed by atoms with Gasteiger partial charge in [-0.25, -0.2) is 0 Å². The molecule has 0 aliphatic heterocycles. The second-order valence-electron chi connectivity index (χ2n) is 7.09. The van der Waals surface area contributed by atoms with E-state index in [1.54, 1.807) is 0 Å². The summed E-state index contributed by atoms with van der Waals surface area (Å²) < 4.78 is 0. The summed E-state index contributed by atoms with van der Waals surface area (Å²) in [5.74, 6) is 0.856. The molecule has 116 valence electrons. The summed E-state index contributed by atoms with van der Waals surface area (Å²) in [7, 11) is 0. The Morgan fingerprint density at radius 1 is 0.864 bits per heavy atom. The molecular formula is C21H26O. The van der Waals surface area contributed by atoms with Gasteiger partial charge in [0.15, 0.2) is 0 Å². The highest BCUT2D eigenvalue weighted by molar-refractivity contribution is 5.84. The monoisotopic (exact) mass is 294 g/mol. The first-order chi connectivity index (χ1) is 10.4. The molecule has 2 aromatic rings. The van der Waals surface area contributed by atoms with Crippen molar-refractivity contribution in [2.24, 2.45) is 5.41 Å². The molecule has 0 N–H and O–H groups in total. The van der Waals surface area contributed by atoms with Crippen molar-refractivity contribution in [2.75, 3.05) is 0 Å². The molecule has 22 heavy (non-hydrogen) atoms. The zero-order valence-electron chi connectivity index (χ0n) is 14.0. The van der Waals surface area contributed by atoms with E-state index in [1.165, 1.54) is 11.1 Å². The van der Waals surface area contributed by atoms with Gasteiger partial charge in [0.1, 0.15) is 5.78 Å². The van der Waals surface area contributed by atoms with Crippen molar-refractivity contribution in [3.05, 3.63) is 71.8 Å². The van der Waals surface area contributed by atoms with Crippen LogP contribution in [-0.4, -0.2) is 5.78 Å². The first kappa shape index (κ1) is 16.5. The lowest BCUT2D eigenvalue weighted by molar-refractivity contribution is -0.126. The number of benzene rings is 2. The van der Waals surface area contributed by atoms with E-state index >= 15 is 0 Å². The summed E-state index contributed by atoms with van der Waals surface area (Å²) in [4.78, 5) is 12.6. The van der Waals surface area contributed by atoms with E-state index in [2.05, 4.69) is 55.5 Å². The lowest BCUT2D eigenvalue weighted by atomic mass is 9.76.